The van der Waals surface area contributed by atoms with Gasteiger partial charge in [-0.15, -0.1) is 10.2 Å². The van der Waals surface area contributed by atoms with Crippen LogP contribution in [0.25, 0.3) is 50.1 Å². The number of benzene rings is 5. The fourth-order valence-electron chi connectivity index (χ4n) is 5.94. The molecule has 0 saturated heterocycles. The Morgan fingerprint density at radius 2 is 1.41 bits per heavy atom. The first-order valence-corrected chi connectivity index (χ1v) is 13.3. The zero-order chi connectivity index (χ0) is 27.5. The summed E-state index contributed by atoms with van der Waals surface area (Å²) in [6, 6.07) is 37.2. The van der Waals surface area contributed by atoms with E-state index in [9.17, 15) is 9.90 Å². The van der Waals surface area contributed by atoms with Crippen molar-refractivity contribution in [1.82, 2.24) is 14.8 Å². The van der Waals surface area contributed by atoms with E-state index in [1.807, 2.05) is 84.9 Å². The number of anilines is 1. The molecule has 1 aliphatic heterocycles. The molecule has 1 unspecified atom stereocenters. The smallest absolute Gasteiger partial charge is 0.261 e. The van der Waals surface area contributed by atoms with Crippen molar-refractivity contribution in [2.75, 3.05) is 4.90 Å². The number of carbonyl (C=O) groups excluding carboxylic acids is 1. The van der Waals surface area contributed by atoms with Crippen LogP contribution >= 0.6 is 0 Å². The molecular weight excluding hydrogens is 512 g/mol. The van der Waals surface area contributed by atoms with Crippen LogP contribution in [0, 0.1) is 0 Å². The predicted molar refractivity (Wildman–Crippen MR) is 158 cm³/mol. The molecule has 1 atom stereocenters. The molecule has 0 saturated carbocycles. The molecule has 1 amide bonds. The molecule has 0 radical (unpaired) electrons. The highest BCUT2D eigenvalue weighted by atomic mass is 16.4. The Kier molecular flexibility index (Phi) is 5.13. The van der Waals surface area contributed by atoms with Gasteiger partial charge < -0.3 is 14.1 Å². The van der Waals surface area contributed by atoms with Crippen molar-refractivity contribution in [1.29, 1.82) is 0 Å². The Morgan fingerprint density at radius 3 is 2.17 bits per heavy atom. The monoisotopic (exact) mass is 534 g/mol. The first-order chi connectivity index (χ1) is 20.2. The lowest BCUT2D eigenvalue weighted by Crippen LogP contribution is -2.34. The molecule has 7 nitrogen and oxygen atoms in total. The third-order valence-electron chi connectivity index (χ3n) is 7.78. The van der Waals surface area contributed by atoms with Crippen LogP contribution in [0.15, 0.2) is 126 Å². The van der Waals surface area contributed by atoms with E-state index in [0.717, 1.165) is 38.6 Å². The molecule has 3 heterocycles. The number of aliphatic hydroxyl groups excluding tert-OH is 1. The van der Waals surface area contributed by atoms with Crippen molar-refractivity contribution in [2.24, 2.45) is 0 Å². The summed E-state index contributed by atoms with van der Waals surface area (Å²) in [6.07, 6.45) is 0.0725. The second-order valence-electron chi connectivity index (χ2n) is 10.0. The van der Waals surface area contributed by atoms with Gasteiger partial charge >= 0.3 is 0 Å². The molecule has 0 aliphatic carbocycles. The Labute approximate surface area is 234 Å². The highest BCUT2D eigenvalue weighted by Gasteiger charge is 2.35. The summed E-state index contributed by atoms with van der Waals surface area (Å²) >= 11 is 0. The number of aromatic nitrogens is 3. The van der Waals surface area contributed by atoms with Gasteiger partial charge in [-0.05, 0) is 65.7 Å². The van der Waals surface area contributed by atoms with Gasteiger partial charge in [-0.25, -0.2) is 0 Å². The lowest BCUT2D eigenvalue weighted by Gasteiger charge is -2.27. The van der Waals surface area contributed by atoms with Gasteiger partial charge in [-0.3, -0.25) is 9.69 Å². The van der Waals surface area contributed by atoms with Crippen molar-refractivity contribution in [2.45, 2.75) is 6.23 Å². The van der Waals surface area contributed by atoms with Crippen molar-refractivity contribution in [3.05, 3.63) is 133 Å². The van der Waals surface area contributed by atoms with Gasteiger partial charge in [0.1, 0.15) is 0 Å². The van der Waals surface area contributed by atoms with E-state index in [1.54, 1.807) is 0 Å². The summed E-state index contributed by atoms with van der Waals surface area (Å²) in [5, 5.41) is 21.7. The third-order valence-corrected chi connectivity index (χ3v) is 7.78. The van der Waals surface area contributed by atoms with E-state index in [0.29, 0.717) is 28.3 Å². The molecule has 1 aliphatic rings. The largest absolute Gasteiger partial charge is 0.423 e. The van der Waals surface area contributed by atoms with Crippen LogP contribution in [0.1, 0.15) is 22.1 Å². The van der Waals surface area contributed by atoms with Crippen molar-refractivity contribution in [3.8, 4) is 28.3 Å². The number of rotatable bonds is 3. The second-order valence-corrected chi connectivity index (χ2v) is 10.0. The van der Waals surface area contributed by atoms with E-state index in [1.165, 1.54) is 11.3 Å². The normalized spacial score (nSPS) is 14.7. The number of carbonyl (C=O) groups is 1. The van der Waals surface area contributed by atoms with Crippen molar-refractivity contribution < 1.29 is 14.3 Å². The van der Waals surface area contributed by atoms with E-state index in [2.05, 4.69) is 45.1 Å². The van der Waals surface area contributed by atoms with Crippen LogP contribution in [0.3, 0.4) is 0 Å². The summed E-state index contributed by atoms with van der Waals surface area (Å²) in [7, 11) is 0. The second kappa shape index (κ2) is 9.01. The Balaban J connectivity index is 1.48. The minimum atomic E-state index is -1.21. The Hall–Kier alpha value is -5.53. The van der Waals surface area contributed by atoms with Crippen LogP contribution in [0.2, 0.25) is 0 Å². The van der Waals surface area contributed by atoms with Gasteiger partial charge in [0.2, 0.25) is 12.3 Å². The number of fused-ring (bicyclic) bond motifs is 6. The number of aliphatic hydroxyl groups is 1. The predicted octanol–water partition coefficient (Wildman–Crippen LogP) is 7.15. The van der Waals surface area contributed by atoms with Crippen molar-refractivity contribution >= 4 is 33.4 Å². The molecule has 0 fully saturated rings. The summed E-state index contributed by atoms with van der Waals surface area (Å²) < 4.78 is 7.67. The van der Waals surface area contributed by atoms with Gasteiger partial charge in [-0.2, -0.15) is 0 Å². The maximum absolute atomic E-state index is 14.5. The topological polar surface area (TPSA) is 84.4 Å². The summed E-state index contributed by atoms with van der Waals surface area (Å²) in [5.41, 5.74) is 6.81. The molecule has 8 rings (SSSR count). The molecule has 0 spiro atoms. The SMILES string of the molecule is O=C1c2cc3c(cc2-c2cc(-c4nnco4)ccc2C(O)N1c1ccccc1)c1ccccc1n3-c1ccccc1. The number of para-hydroxylation sites is 3. The fourth-order valence-corrected chi connectivity index (χ4v) is 5.94. The first kappa shape index (κ1) is 23.4. The third kappa shape index (κ3) is 3.53. The maximum Gasteiger partial charge on any atom is 0.261 e. The van der Waals surface area contributed by atoms with Gasteiger partial charge in [0.25, 0.3) is 5.91 Å². The summed E-state index contributed by atoms with van der Waals surface area (Å²) in [5.74, 6) is 0.0714. The lowest BCUT2D eigenvalue weighted by molar-refractivity contribution is 0.0892. The van der Waals surface area contributed by atoms with Gasteiger partial charge in [0.05, 0.1) is 11.0 Å². The lowest BCUT2D eigenvalue weighted by atomic mass is 9.92. The molecule has 41 heavy (non-hydrogen) atoms. The minimum Gasteiger partial charge on any atom is -0.423 e. The van der Waals surface area contributed by atoms with Gasteiger partial charge in [0.15, 0.2) is 6.23 Å². The Morgan fingerprint density at radius 1 is 0.683 bits per heavy atom. The average Bonchev–Trinajstić information content (AvgIpc) is 3.66. The summed E-state index contributed by atoms with van der Waals surface area (Å²) in [6.45, 7) is 0. The van der Waals surface area contributed by atoms with Gasteiger partial charge in [0, 0.05) is 38.8 Å². The summed E-state index contributed by atoms with van der Waals surface area (Å²) in [4.78, 5) is 15.9. The molecule has 5 aromatic carbocycles. The van der Waals surface area contributed by atoms with Crippen molar-refractivity contribution in [3.63, 3.8) is 0 Å². The fraction of sp³-hybridized carbons (Fsp3) is 0.0294. The van der Waals surface area contributed by atoms with Crippen LogP contribution in [0.5, 0.6) is 0 Å². The molecular formula is C34H22N4O3. The van der Waals surface area contributed by atoms with Crippen LogP contribution in [0.4, 0.5) is 5.69 Å². The zero-order valence-electron chi connectivity index (χ0n) is 21.7. The molecule has 1 N–H and O–H groups in total. The molecule has 2 aromatic heterocycles. The van der Waals surface area contributed by atoms with E-state index >= 15 is 0 Å². The molecule has 7 aromatic rings. The molecule has 7 heteroatoms. The molecule has 0 bridgehead atoms. The average molecular weight is 535 g/mol. The highest BCUT2D eigenvalue weighted by molar-refractivity contribution is 6.18. The minimum absolute atomic E-state index is 0.291. The number of amides is 1. The maximum atomic E-state index is 14.5. The van der Waals surface area contributed by atoms with Crippen LogP contribution in [-0.2, 0) is 0 Å². The van der Waals surface area contributed by atoms with E-state index in [-0.39, 0.29) is 5.91 Å². The van der Waals surface area contributed by atoms with Gasteiger partial charge in [-0.1, -0.05) is 60.7 Å². The zero-order valence-corrected chi connectivity index (χ0v) is 21.7. The standard InChI is InChI=1S/C34H22N4O3/c39-33-25-16-15-21(32-36-35-20-41-32)17-26(25)27-18-28-24-13-7-8-14-30(24)37(22-9-3-1-4-10-22)31(28)19-29(27)34(40)38(33)23-11-5-2-6-12-23/h1-20,33,39H. The highest BCUT2D eigenvalue weighted by Crippen LogP contribution is 2.44. The number of hydrogen-bond donors (Lipinski definition) is 1. The number of nitrogens with zero attached hydrogens (tertiary/aromatic N) is 4. The van der Waals surface area contributed by atoms with Crippen LogP contribution in [-0.4, -0.2) is 25.8 Å². The van der Waals surface area contributed by atoms with E-state index < -0.39 is 6.23 Å². The Bertz CT molecular complexity index is 2080. The quantitative estimate of drug-likeness (QED) is 0.260. The number of hydrogen-bond acceptors (Lipinski definition) is 5. The first-order valence-electron chi connectivity index (χ1n) is 13.3. The van der Waals surface area contributed by atoms with Crippen LogP contribution < -0.4 is 4.90 Å². The molecule has 196 valence electrons. The van der Waals surface area contributed by atoms with E-state index in [4.69, 9.17) is 4.42 Å².